The zero-order valence-corrected chi connectivity index (χ0v) is 22.7. The van der Waals surface area contributed by atoms with Crippen molar-refractivity contribution in [2.24, 2.45) is 0 Å². The van der Waals surface area contributed by atoms with Crippen molar-refractivity contribution in [3.8, 4) is 5.69 Å². The number of morpholine rings is 1. The van der Waals surface area contributed by atoms with E-state index in [0.717, 1.165) is 12.1 Å². The number of halogens is 7. The lowest BCUT2D eigenvalue weighted by atomic mass is 10.0. The van der Waals surface area contributed by atoms with Crippen LogP contribution in [0.3, 0.4) is 0 Å². The number of rotatable bonds is 4. The molecule has 2 aliphatic heterocycles. The number of aromatic nitrogens is 3. The smallest absolute Gasteiger partial charge is 0.366 e. The first kappa shape index (κ1) is 30.4. The first-order valence-electron chi connectivity index (χ1n) is 12.4. The Bertz CT molecular complexity index is 1500. The van der Waals surface area contributed by atoms with E-state index in [1.165, 1.54) is 38.9 Å². The van der Waals surface area contributed by atoms with Gasteiger partial charge in [-0.25, -0.2) is 4.98 Å². The summed E-state index contributed by atoms with van der Waals surface area (Å²) >= 11 is 0. The first-order valence-corrected chi connectivity index (χ1v) is 12.4. The van der Waals surface area contributed by atoms with E-state index in [1.54, 1.807) is 24.6 Å². The van der Waals surface area contributed by atoms with Gasteiger partial charge in [-0.3, -0.25) is 9.59 Å². The average Bonchev–Trinajstić information content (AvgIpc) is 3.32. The average molecular weight is 606 g/mol. The highest BCUT2D eigenvalue weighted by Gasteiger charge is 2.44. The lowest BCUT2D eigenvalue weighted by Gasteiger charge is -2.37. The first-order chi connectivity index (χ1) is 18.7. The molecule has 2 aromatic heterocycles. The van der Waals surface area contributed by atoms with Crippen molar-refractivity contribution in [3.05, 3.63) is 75.7 Å². The van der Waals surface area contributed by atoms with Crippen molar-refractivity contribution >= 4 is 24.0 Å². The zero-order valence-electron chi connectivity index (χ0n) is 21.9. The van der Waals surface area contributed by atoms with Crippen LogP contribution in [0.2, 0.25) is 0 Å². The molecule has 1 saturated heterocycles. The molecule has 0 bridgehead atoms. The van der Waals surface area contributed by atoms with E-state index in [0.29, 0.717) is 11.4 Å². The van der Waals surface area contributed by atoms with Crippen LogP contribution < -0.4 is 10.5 Å². The third-order valence-corrected chi connectivity index (χ3v) is 7.06. The van der Waals surface area contributed by atoms with Gasteiger partial charge in [0.25, 0.3) is 11.5 Å². The summed E-state index contributed by atoms with van der Waals surface area (Å²) in [5.41, 5.74) is -0.325. The van der Waals surface area contributed by atoms with Gasteiger partial charge >= 0.3 is 12.4 Å². The zero-order chi connectivity index (χ0) is 29.0. The van der Waals surface area contributed by atoms with Crippen LogP contribution in [-0.2, 0) is 24.0 Å². The van der Waals surface area contributed by atoms with Crippen LogP contribution in [0.5, 0.6) is 0 Å². The predicted molar refractivity (Wildman–Crippen MR) is 139 cm³/mol. The molecule has 1 fully saturated rings. The van der Waals surface area contributed by atoms with Gasteiger partial charge in [-0.05, 0) is 49.7 Å². The van der Waals surface area contributed by atoms with Crippen LogP contribution in [-0.4, -0.2) is 62.9 Å². The lowest BCUT2D eigenvalue weighted by Crippen LogP contribution is -2.50. The van der Waals surface area contributed by atoms with Crippen LogP contribution in [0.4, 0.5) is 32.0 Å². The van der Waals surface area contributed by atoms with Gasteiger partial charge in [0.15, 0.2) is 6.10 Å². The van der Waals surface area contributed by atoms with E-state index >= 15 is 0 Å². The molecule has 2 aliphatic rings. The number of pyridine rings is 1. The van der Waals surface area contributed by atoms with Gasteiger partial charge in [-0.2, -0.15) is 26.3 Å². The van der Waals surface area contributed by atoms with Gasteiger partial charge in [0.05, 0.1) is 30.7 Å². The van der Waals surface area contributed by atoms with E-state index in [2.05, 4.69) is 4.98 Å². The topological polar surface area (TPSA) is 72.6 Å². The second-order valence-corrected chi connectivity index (χ2v) is 9.96. The van der Waals surface area contributed by atoms with Crippen molar-refractivity contribution in [1.29, 1.82) is 0 Å². The van der Waals surface area contributed by atoms with Crippen molar-refractivity contribution in [1.82, 2.24) is 19.0 Å². The lowest BCUT2D eigenvalue weighted by molar-refractivity contribution is -0.221. The molecule has 5 rings (SSSR count). The molecule has 0 saturated carbocycles. The van der Waals surface area contributed by atoms with Crippen LogP contribution >= 0.6 is 12.4 Å². The van der Waals surface area contributed by atoms with Gasteiger partial charge in [0.2, 0.25) is 0 Å². The van der Waals surface area contributed by atoms with Crippen molar-refractivity contribution < 1.29 is 35.9 Å². The number of nitrogens with zero attached hydrogens (tertiary/aromatic N) is 5. The number of amides is 1. The fourth-order valence-corrected chi connectivity index (χ4v) is 5.01. The van der Waals surface area contributed by atoms with Gasteiger partial charge in [0.1, 0.15) is 11.4 Å². The third kappa shape index (κ3) is 6.08. The predicted octanol–water partition coefficient (Wildman–Crippen LogP) is 4.60. The summed E-state index contributed by atoms with van der Waals surface area (Å²) in [7, 11) is 0. The summed E-state index contributed by atoms with van der Waals surface area (Å²) in [6, 6.07) is 5.46. The molecule has 0 N–H and O–H groups in total. The largest absolute Gasteiger partial charge is 0.416 e. The maximum absolute atomic E-state index is 13.8. The highest BCUT2D eigenvalue weighted by molar-refractivity contribution is 5.93. The SMILES string of the molecule is Cc1cn(-c2ccc3n(c2=O)C[C@@H](C)N(Cc2cc(N4CCOC(C(F)(F)F)C4)cc(C(F)(F)F)c2)C3=O)cn1.Cl. The van der Waals surface area contributed by atoms with E-state index in [-0.39, 0.29) is 55.6 Å². The molecular formula is C26H26ClF6N5O3. The number of carbonyl (C=O) groups excluding carboxylic acids is 1. The molecule has 4 heterocycles. The molecular weight excluding hydrogens is 580 g/mol. The van der Waals surface area contributed by atoms with E-state index in [4.69, 9.17) is 4.74 Å². The van der Waals surface area contributed by atoms with Gasteiger partial charge in [-0.1, -0.05) is 0 Å². The van der Waals surface area contributed by atoms with Gasteiger partial charge in [-0.15, -0.1) is 12.4 Å². The standard InChI is InChI=1S/C26H25F6N5O3.ClH/c1-15-10-35(14-33-15)20-3-4-21-24(39)36(16(2)11-37(21)23(20)38)12-17-7-18(25(27,28)29)9-19(8-17)34-5-6-40-22(13-34)26(30,31)32;/h3-4,7-10,14,16,22H,5-6,11-13H2,1-2H3;1H/t16-,22?;/m1./s1. The fourth-order valence-electron chi connectivity index (χ4n) is 5.01. The monoisotopic (exact) mass is 605 g/mol. The summed E-state index contributed by atoms with van der Waals surface area (Å²) in [5.74, 6) is -0.549. The van der Waals surface area contributed by atoms with Crippen LogP contribution in [0.1, 0.15) is 34.2 Å². The Kier molecular flexibility index (Phi) is 8.20. The Labute approximate surface area is 236 Å². The molecule has 222 valence electrons. The molecule has 1 unspecified atom stereocenters. The van der Waals surface area contributed by atoms with Crippen LogP contribution in [0, 0.1) is 6.92 Å². The molecule has 0 aliphatic carbocycles. The summed E-state index contributed by atoms with van der Waals surface area (Å²) in [4.78, 5) is 33.3. The second-order valence-electron chi connectivity index (χ2n) is 9.96. The Balaban J connectivity index is 0.00000387. The normalized spacial score (nSPS) is 19.7. The molecule has 1 aromatic carbocycles. The fraction of sp³-hybridized carbons (Fsp3) is 0.423. The molecule has 3 aromatic rings. The number of ether oxygens (including phenoxy) is 1. The van der Waals surface area contributed by atoms with E-state index in [9.17, 15) is 35.9 Å². The number of hydrogen-bond acceptors (Lipinski definition) is 5. The molecule has 0 radical (unpaired) electrons. The van der Waals surface area contributed by atoms with Crippen molar-refractivity contribution in [2.75, 3.05) is 24.6 Å². The minimum Gasteiger partial charge on any atom is -0.366 e. The minimum atomic E-state index is -4.76. The number of carbonyl (C=O) groups is 1. The maximum Gasteiger partial charge on any atom is 0.416 e. The minimum absolute atomic E-state index is 0. The third-order valence-electron chi connectivity index (χ3n) is 7.06. The summed E-state index contributed by atoms with van der Waals surface area (Å²) in [6.45, 7) is 2.32. The summed E-state index contributed by atoms with van der Waals surface area (Å²) < 4.78 is 88.7. The molecule has 41 heavy (non-hydrogen) atoms. The number of fused-ring (bicyclic) bond motifs is 1. The summed E-state index contributed by atoms with van der Waals surface area (Å²) in [5, 5.41) is 0. The number of alkyl halides is 6. The number of aryl methyl sites for hydroxylation is 1. The van der Waals surface area contributed by atoms with Crippen molar-refractivity contribution in [3.63, 3.8) is 0 Å². The number of anilines is 1. The van der Waals surface area contributed by atoms with Gasteiger partial charge < -0.3 is 23.7 Å². The van der Waals surface area contributed by atoms with Crippen LogP contribution in [0.15, 0.2) is 47.7 Å². The molecule has 15 heteroatoms. The number of benzene rings is 1. The molecule has 8 nitrogen and oxygen atoms in total. The number of hydrogen-bond donors (Lipinski definition) is 0. The van der Waals surface area contributed by atoms with Gasteiger partial charge in [0, 0.05) is 37.6 Å². The molecule has 2 atom stereocenters. The highest BCUT2D eigenvalue weighted by Crippen LogP contribution is 2.35. The molecule has 1 amide bonds. The quantitative estimate of drug-likeness (QED) is 0.407. The highest BCUT2D eigenvalue weighted by atomic mass is 35.5. The van der Waals surface area contributed by atoms with Crippen molar-refractivity contribution in [2.45, 2.75) is 51.4 Å². The second kappa shape index (κ2) is 11.0. The Morgan fingerprint density at radius 2 is 1.78 bits per heavy atom. The molecule has 0 spiro atoms. The van der Waals surface area contributed by atoms with E-state index < -0.39 is 48.1 Å². The Hall–Kier alpha value is -3.52. The Morgan fingerprint density at radius 1 is 1.05 bits per heavy atom. The van der Waals surface area contributed by atoms with E-state index in [1.807, 2.05) is 0 Å². The maximum atomic E-state index is 13.8. The number of imidazole rings is 1. The Morgan fingerprint density at radius 3 is 2.41 bits per heavy atom. The van der Waals surface area contributed by atoms with Crippen LogP contribution in [0.25, 0.3) is 5.69 Å². The summed E-state index contributed by atoms with van der Waals surface area (Å²) in [6.07, 6.45) is -8.41.